The van der Waals surface area contributed by atoms with Crippen LogP contribution in [0.25, 0.3) is 11.3 Å². The van der Waals surface area contributed by atoms with E-state index < -0.39 is 5.56 Å². The topological polar surface area (TPSA) is 74.8 Å². The number of aromatic amines is 1. The average Bonchev–Trinajstić information content (AvgIpc) is 2.46. The fraction of sp³-hybridized carbons (Fsp3) is 0.154. The molecule has 2 rings (SSSR count). The molecule has 5 nitrogen and oxygen atoms in total. The van der Waals surface area contributed by atoms with E-state index in [0.29, 0.717) is 23.4 Å². The lowest BCUT2D eigenvalue weighted by molar-refractivity contribution is -0.115. The Morgan fingerprint density at radius 3 is 2.50 bits per heavy atom. The first-order valence-corrected chi connectivity index (χ1v) is 6.62. The van der Waals surface area contributed by atoms with Crippen LogP contribution in [0.5, 0.6) is 0 Å². The quantitative estimate of drug-likeness (QED) is 0.914. The molecule has 0 saturated carbocycles. The molecular weight excluding hydrogens is 301 g/mol. The normalized spacial score (nSPS) is 10.3. The Bertz CT molecular complexity index is 696. The fourth-order valence-electron chi connectivity index (χ4n) is 1.56. The zero-order valence-electron chi connectivity index (χ0n) is 10.5. The van der Waals surface area contributed by atoms with E-state index in [9.17, 15) is 9.59 Å². The van der Waals surface area contributed by atoms with Gasteiger partial charge in [0.1, 0.15) is 10.7 Å². The molecule has 0 spiro atoms. The number of H-pyrrole nitrogens is 1. The number of carbonyl (C=O) groups excluding carboxylic acids is 1. The molecule has 0 aliphatic carbocycles. The van der Waals surface area contributed by atoms with Crippen LogP contribution in [-0.2, 0) is 4.79 Å². The number of anilines is 1. The maximum Gasteiger partial charge on any atom is 0.284 e. The molecule has 1 heterocycles. The molecule has 0 unspecified atom stereocenters. The number of hydrogen-bond donors (Lipinski definition) is 2. The Morgan fingerprint density at radius 1 is 1.25 bits per heavy atom. The summed E-state index contributed by atoms with van der Waals surface area (Å²) in [6.45, 7) is 1.77. The third-order valence-electron chi connectivity index (χ3n) is 2.63. The molecule has 0 saturated heterocycles. The van der Waals surface area contributed by atoms with Gasteiger partial charge in [0.15, 0.2) is 0 Å². The first-order chi connectivity index (χ1) is 9.52. The Labute approximate surface area is 124 Å². The molecule has 7 heteroatoms. The summed E-state index contributed by atoms with van der Waals surface area (Å²) >= 11 is 11.8. The van der Waals surface area contributed by atoms with Gasteiger partial charge in [-0.05, 0) is 12.1 Å². The number of rotatable bonds is 3. The number of halogens is 2. The molecule has 104 valence electrons. The molecule has 1 aromatic heterocycles. The van der Waals surface area contributed by atoms with Crippen LogP contribution in [-0.4, -0.2) is 16.1 Å². The predicted octanol–water partition coefficient (Wildman–Crippen LogP) is 3.09. The zero-order chi connectivity index (χ0) is 14.7. The van der Waals surface area contributed by atoms with E-state index in [1.54, 1.807) is 31.2 Å². The van der Waals surface area contributed by atoms with Crippen molar-refractivity contribution in [3.05, 3.63) is 44.7 Å². The van der Waals surface area contributed by atoms with Gasteiger partial charge in [0.2, 0.25) is 5.91 Å². The Balaban J connectivity index is 2.33. The minimum absolute atomic E-state index is 0.0685. The van der Waals surface area contributed by atoms with Crippen molar-refractivity contribution in [1.82, 2.24) is 10.2 Å². The largest absolute Gasteiger partial charge is 0.326 e. The van der Waals surface area contributed by atoms with Crippen molar-refractivity contribution in [2.45, 2.75) is 13.3 Å². The van der Waals surface area contributed by atoms with Crippen molar-refractivity contribution in [2.24, 2.45) is 0 Å². The van der Waals surface area contributed by atoms with Gasteiger partial charge in [0.05, 0.1) is 5.02 Å². The summed E-state index contributed by atoms with van der Waals surface area (Å²) in [5.74, 6) is -0.0685. The molecule has 0 atom stereocenters. The summed E-state index contributed by atoms with van der Waals surface area (Å²) in [5.41, 5.74) is 1.20. The maximum absolute atomic E-state index is 11.3. The van der Waals surface area contributed by atoms with Crippen LogP contribution in [0.2, 0.25) is 10.0 Å². The van der Waals surface area contributed by atoms with Crippen molar-refractivity contribution < 1.29 is 4.79 Å². The standard InChI is InChI=1S/C13H11Cl2N3O2/c1-2-9(19)16-8-5-3-7(4-6-8)12-10(14)11(15)13(20)18-17-12/h3-6H,2H2,1H3,(H,16,19)(H,18,20). The second-order valence-electron chi connectivity index (χ2n) is 4.01. The molecule has 0 radical (unpaired) electrons. The lowest BCUT2D eigenvalue weighted by Gasteiger charge is -2.06. The average molecular weight is 312 g/mol. The predicted molar refractivity (Wildman–Crippen MR) is 79.2 cm³/mol. The maximum atomic E-state index is 11.3. The summed E-state index contributed by atoms with van der Waals surface area (Å²) in [4.78, 5) is 22.5. The van der Waals surface area contributed by atoms with E-state index in [1.807, 2.05) is 0 Å². The minimum atomic E-state index is -0.535. The smallest absolute Gasteiger partial charge is 0.284 e. The van der Waals surface area contributed by atoms with E-state index in [2.05, 4.69) is 15.5 Å². The molecule has 0 aliphatic heterocycles. The summed E-state index contributed by atoms with van der Waals surface area (Å²) in [5, 5.41) is 8.88. The van der Waals surface area contributed by atoms with E-state index in [4.69, 9.17) is 23.2 Å². The highest BCUT2D eigenvalue weighted by Crippen LogP contribution is 2.29. The van der Waals surface area contributed by atoms with Gasteiger partial charge in [-0.2, -0.15) is 5.10 Å². The number of hydrogen-bond acceptors (Lipinski definition) is 3. The van der Waals surface area contributed by atoms with Gasteiger partial charge < -0.3 is 5.32 Å². The van der Waals surface area contributed by atoms with Crippen LogP contribution in [0.4, 0.5) is 5.69 Å². The van der Waals surface area contributed by atoms with Gasteiger partial charge in [-0.1, -0.05) is 42.3 Å². The van der Waals surface area contributed by atoms with Crippen molar-refractivity contribution in [1.29, 1.82) is 0 Å². The van der Waals surface area contributed by atoms with Gasteiger partial charge in [0.25, 0.3) is 5.56 Å². The summed E-state index contributed by atoms with van der Waals surface area (Å²) in [6, 6.07) is 6.90. The van der Waals surface area contributed by atoms with E-state index in [-0.39, 0.29) is 16.0 Å². The van der Waals surface area contributed by atoms with Crippen LogP contribution in [0.15, 0.2) is 29.1 Å². The Hall–Kier alpha value is -1.85. The van der Waals surface area contributed by atoms with Gasteiger partial charge in [-0.3, -0.25) is 9.59 Å². The van der Waals surface area contributed by atoms with Crippen LogP contribution >= 0.6 is 23.2 Å². The third-order valence-corrected chi connectivity index (χ3v) is 3.46. The van der Waals surface area contributed by atoms with E-state index >= 15 is 0 Å². The number of carbonyl (C=O) groups is 1. The fourth-order valence-corrected chi connectivity index (χ4v) is 1.93. The summed E-state index contributed by atoms with van der Waals surface area (Å²) in [6.07, 6.45) is 0.407. The number of nitrogens with one attached hydrogen (secondary N) is 2. The second kappa shape index (κ2) is 6.07. The van der Waals surface area contributed by atoms with Crippen LogP contribution < -0.4 is 10.9 Å². The van der Waals surface area contributed by atoms with Crippen molar-refractivity contribution >= 4 is 34.8 Å². The summed E-state index contributed by atoms with van der Waals surface area (Å²) in [7, 11) is 0. The van der Waals surface area contributed by atoms with Gasteiger partial charge in [-0.25, -0.2) is 5.10 Å². The molecule has 0 bridgehead atoms. The Kier molecular flexibility index (Phi) is 4.42. The third kappa shape index (κ3) is 3.00. The minimum Gasteiger partial charge on any atom is -0.326 e. The van der Waals surface area contributed by atoms with Gasteiger partial charge in [-0.15, -0.1) is 0 Å². The van der Waals surface area contributed by atoms with E-state index in [1.165, 1.54) is 0 Å². The van der Waals surface area contributed by atoms with Crippen LogP contribution in [0, 0.1) is 0 Å². The highest BCUT2D eigenvalue weighted by atomic mass is 35.5. The number of nitrogens with zero attached hydrogens (tertiary/aromatic N) is 1. The number of amides is 1. The first kappa shape index (κ1) is 14.6. The molecule has 1 amide bonds. The van der Waals surface area contributed by atoms with Crippen molar-refractivity contribution in [3.8, 4) is 11.3 Å². The highest BCUT2D eigenvalue weighted by Gasteiger charge is 2.12. The molecule has 20 heavy (non-hydrogen) atoms. The number of benzene rings is 1. The molecule has 2 N–H and O–H groups in total. The molecule has 0 fully saturated rings. The van der Waals surface area contributed by atoms with Crippen molar-refractivity contribution in [3.63, 3.8) is 0 Å². The lowest BCUT2D eigenvalue weighted by Crippen LogP contribution is -2.10. The second-order valence-corrected chi connectivity index (χ2v) is 4.76. The highest BCUT2D eigenvalue weighted by molar-refractivity contribution is 6.43. The Morgan fingerprint density at radius 2 is 1.90 bits per heavy atom. The molecule has 0 aliphatic rings. The van der Waals surface area contributed by atoms with E-state index in [0.717, 1.165) is 0 Å². The summed E-state index contributed by atoms with van der Waals surface area (Å²) < 4.78 is 0. The number of aromatic nitrogens is 2. The lowest BCUT2D eigenvalue weighted by atomic mass is 10.1. The molecule has 1 aromatic carbocycles. The van der Waals surface area contributed by atoms with Gasteiger partial charge >= 0.3 is 0 Å². The zero-order valence-corrected chi connectivity index (χ0v) is 12.0. The molecular formula is C13H11Cl2N3O2. The van der Waals surface area contributed by atoms with Crippen LogP contribution in [0.1, 0.15) is 13.3 Å². The SMILES string of the molecule is CCC(=O)Nc1ccc(-c2n[nH]c(=O)c(Cl)c2Cl)cc1. The molecule has 2 aromatic rings. The first-order valence-electron chi connectivity index (χ1n) is 5.87. The van der Waals surface area contributed by atoms with Gasteiger partial charge in [0, 0.05) is 17.7 Å². The van der Waals surface area contributed by atoms with Crippen molar-refractivity contribution in [2.75, 3.05) is 5.32 Å². The monoisotopic (exact) mass is 311 g/mol. The van der Waals surface area contributed by atoms with Crippen LogP contribution in [0.3, 0.4) is 0 Å².